The van der Waals surface area contributed by atoms with Gasteiger partial charge in [-0.15, -0.1) is 0 Å². The standard InChI is InChI=1S/C20H18Cl2F4N4O3/c21-12-2-1-11(3-13(12)23)33-8-16(31)28-14-6-19(4-10(14)5-19)29-15-7-27-30(9-20(24,25)26)18(32)17(15)22/h1-3,7,10,14,29H,4-6,8-9H2,(H,28,31). The lowest BCUT2D eigenvalue weighted by Gasteiger charge is -2.40. The minimum atomic E-state index is -4.60. The molecule has 1 atom stereocenters. The lowest BCUT2D eigenvalue weighted by molar-refractivity contribution is -0.143. The van der Waals surface area contributed by atoms with E-state index in [9.17, 15) is 27.2 Å². The van der Waals surface area contributed by atoms with Crippen molar-refractivity contribution in [3.63, 3.8) is 0 Å². The molecule has 1 aromatic heterocycles. The van der Waals surface area contributed by atoms with Crippen LogP contribution < -0.4 is 20.9 Å². The van der Waals surface area contributed by atoms with Gasteiger partial charge in [-0.2, -0.15) is 18.3 Å². The number of fused-ring (bicyclic) bond motifs is 1. The Bertz CT molecular complexity index is 1140. The second kappa shape index (κ2) is 8.68. The minimum absolute atomic E-state index is 0.0525. The molecular formula is C20H18Cl2F4N4O3. The van der Waals surface area contributed by atoms with E-state index in [1.807, 2.05) is 0 Å². The molecule has 0 spiro atoms. The fraction of sp³-hybridized carbons (Fsp3) is 0.450. The predicted octanol–water partition coefficient (Wildman–Crippen LogP) is 3.78. The maximum absolute atomic E-state index is 13.5. The van der Waals surface area contributed by atoms with Crippen molar-refractivity contribution in [3.05, 3.63) is 50.6 Å². The fourth-order valence-electron chi connectivity index (χ4n) is 4.39. The number of carbonyl (C=O) groups is 1. The van der Waals surface area contributed by atoms with E-state index in [-0.39, 0.29) is 50.6 Å². The molecule has 1 amide bonds. The Morgan fingerprint density at radius 1 is 1.27 bits per heavy atom. The Kier molecular flexibility index (Phi) is 6.21. The molecule has 33 heavy (non-hydrogen) atoms. The van der Waals surface area contributed by atoms with Crippen LogP contribution in [0.1, 0.15) is 19.3 Å². The summed E-state index contributed by atoms with van der Waals surface area (Å²) in [5.74, 6) is -0.680. The molecule has 7 nitrogen and oxygen atoms in total. The third kappa shape index (κ3) is 5.19. The van der Waals surface area contributed by atoms with Crippen LogP contribution in [-0.2, 0) is 11.3 Å². The number of nitrogens with zero attached hydrogens (tertiary/aromatic N) is 2. The summed E-state index contributed by atoms with van der Waals surface area (Å²) in [6.07, 6.45) is -1.60. The van der Waals surface area contributed by atoms with Crippen molar-refractivity contribution in [1.82, 2.24) is 15.1 Å². The summed E-state index contributed by atoms with van der Waals surface area (Å²) in [6, 6.07) is 3.70. The van der Waals surface area contributed by atoms with Crippen LogP contribution in [0.5, 0.6) is 5.75 Å². The summed E-state index contributed by atoms with van der Waals surface area (Å²) in [5.41, 5.74) is -1.33. The zero-order valence-electron chi connectivity index (χ0n) is 16.9. The van der Waals surface area contributed by atoms with Crippen molar-refractivity contribution in [1.29, 1.82) is 0 Å². The van der Waals surface area contributed by atoms with Crippen molar-refractivity contribution in [2.24, 2.45) is 5.92 Å². The molecular weight excluding hydrogens is 491 g/mol. The fourth-order valence-corrected chi connectivity index (χ4v) is 4.70. The summed E-state index contributed by atoms with van der Waals surface area (Å²) < 4.78 is 56.7. The first-order valence-electron chi connectivity index (χ1n) is 9.92. The van der Waals surface area contributed by atoms with Gasteiger partial charge in [0.1, 0.15) is 23.1 Å². The minimum Gasteiger partial charge on any atom is -0.484 e. The first kappa shape index (κ1) is 23.6. The van der Waals surface area contributed by atoms with Gasteiger partial charge >= 0.3 is 6.18 Å². The normalized spacial score (nSPS) is 23.7. The van der Waals surface area contributed by atoms with Gasteiger partial charge in [0.15, 0.2) is 6.61 Å². The number of ether oxygens (including phenoxy) is 1. The average molecular weight is 509 g/mol. The van der Waals surface area contributed by atoms with Gasteiger partial charge in [-0.1, -0.05) is 23.2 Å². The molecule has 0 aliphatic heterocycles. The number of rotatable bonds is 7. The highest BCUT2D eigenvalue weighted by Crippen LogP contribution is 2.53. The van der Waals surface area contributed by atoms with Crippen LogP contribution >= 0.6 is 23.2 Å². The molecule has 0 radical (unpaired) electrons. The number of nitrogens with one attached hydrogen (secondary N) is 2. The Morgan fingerprint density at radius 2 is 2.00 bits per heavy atom. The second-order valence-electron chi connectivity index (χ2n) is 8.27. The first-order valence-corrected chi connectivity index (χ1v) is 10.7. The Labute approximate surface area is 195 Å². The van der Waals surface area contributed by atoms with E-state index in [1.54, 1.807) is 0 Å². The maximum atomic E-state index is 13.5. The molecule has 2 bridgehead atoms. The molecule has 2 N–H and O–H groups in total. The number of hydrogen-bond donors (Lipinski definition) is 2. The number of anilines is 1. The average Bonchev–Trinajstić information content (AvgIpc) is 3.21. The molecule has 2 aromatic rings. The molecule has 0 saturated heterocycles. The number of hydrogen-bond acceptors (Lipinski definition) is 5. The van der Waals surface area contributed by atoms with E-state index < -0.39 is 29.6 Å². The molecule has 1 aromatic carbocycles. The van der Waals surface area contributed by atoms with E-state index in [2.05, 4.69) is 15.7 Å². The van der Waals surface area contributed by atoms with Gasteiger partial charge in [0.2, 0.25) is 0 Å². The topological polar surface area (TPSA) is 85.2 Å². The molecule has 3 fully saturated rings. The van der Waals surface area contributed by atoms with Crippen molar-refractivity contribution in [2.75, 3.05) is 11.9 Å². The number of benzene rings is 1. The smallest absolute Gasteiger partial charge is 0.408 e. The maximum Gasteiger partial charge on any atom is 0.408 e. The van der Waals surface area contributed by atoms with Gasteiger partial charge in [0, 0.05) is 17.6 Å². The Morgan fingerprint density at radius 3 is 2.67 bits per heavy atom. The molecule has 13 heteroatoms. The molecule has 1 unspecified atom stereocenters. The van der Waals surface area contributed by atoms with Gasteiger partial charge in [-0.3, -0.25) is 9.59 Å². The number of amides is 1. The van der Waals surface area contributed by atoms with Gasteiger partial charge in [-0.25, -0.2) is 9.07 Å². The summed E-state index contributed by atoms with van der Waals surface area (Å²) in [5, 5.41) is 9.14. The number of aromatic nitrogens is 2. The van der Waals surface area contributed by atoms with E-state index in [0.29, 0.717) is 19.3 Å². The summed E-state index contributed by atoms with van der Waals surface area (Å²) in [4.78, 5) is 24.4. The van der Waals surface area contributed by atoms with Crippen molar-refractivity contribution in [2.45, 2.75) is 43.6 Å². The molecule has 3 aliphatic carbocycles. The van der Waals surface area contributed by atoms with E-state index in [0.717, 1.165) is 12.3 Å². The van der Waals surface area contributed by atoms with Crippen molar-refractivity contribution >= 4 is 34.8 Å². The van der Waals surface area contributed by atoms with Crippen LogP contribution in [0.3, 0.4) is 0 Å². The van der Waals surface area contributed by atoms with E-state index in [4.69, 9.17) is 27.9 Å². The van der Waals surface area contributed by atoms with Crippen molar-refractivity contribution in [3.8, 4) is 5.75 Å². The highest BCUT2D eigenvalue weighted by atomic mass is 35.5. The summed E-state index contributed by atoms with van der Waals surface area (Å²) in [6.45, 7) is -1.84. The Balaban J connectivity index is 1.33. The summed E-state index contributed by atoms with van der Waals surface area (Å²) in [7, 11) is 0. The highest BCUT2D eigenvalue weighted by Gasteiger charge is 2.56. The molecule has 5 rings (SSSR count). The zero-order valence-corrected chi connectivity index (χ0v) is 18.4. The highest BCUT2D eigenvalue weighted by molar-refractivity contribution is 6.33. The largest absolute Gasteiger partial charge is 0.484 e. The van der Waals surface area contributed by atoms with Crippen LogP contribution in [0.25, 0.3) is 0 Å². The lowest BCUT2D eigenvalue weighted by atomic mass is 9.76. The first-order chi connectivity index (χ1) is 15.4. The molecule has 3 aliphatic rings. The monoisotopic (exact) mass is 508 g/mol. The van der Waals surface area contributed by atoms with Crippen LogP contribution in [0.4, 0.5) is 23.2 Å². The van der Waals surface area contributed by atoms with E-state index >= 15 is 0 Å². The number of carbonyl (C=O) groups excluding carboxylic acids is 1. The quantitative estimate of drug-likeness (QED) is 0.556. The molecule has 178 valence electrons. The van der Waals surface area contributed by atoms with Crippen LogP contribution in [0, 0.1) is 11.7 Å². The second-order valence-corrected chi connectivity index (χ2v) is 9.05. The zero-order chi connectivity index (χ0) is 24.0. The molecule has 3 saturated carbocycles. The van der Waals surface area contributed by atoms with Gasteiger partial charge in [0.05, 0.1) is 16.9 Å². The van der Waals surface area contributed by atoms with Crippen LogP contribution in [0.15, 0.2) is 29.2 Å². The number of alkyl halides is 3. The predicted molar refractivity (Wildman–Crippen MR) is 112 cm³/mol. The SMILES string of the molecule is O=C(COc1ccc(Cl)c(F)c1)NC1CC2(Nc3cnn(CC(F)(F)F)c(=O)c3Cl)CC1C2. The lowest BCUT2D eigenvalue weighted by Crippen LogP contribution is -2.44. The van der Waals surface area contributed by atoms with Crippen LogP contribution in [0.2, 0.25) is 10.0 Å². The Hall–Kier alpha value is -2.53. The molecule has 1 heterocycles. The van der Waals surface area contributed by atoms with Gasteiger partial charge in [-0.05, 0) is 37.3 Å². The van der Waals surface area contributed by atoms with Crippen LogP contribution in [-0.4, -0.2) is 40.1 Å². The van der Waals surface area contributed by atoms with Gasteiger partial charge < -0.3 is 15.4 Å². The third-order valence-electron chi connectivity index (χ3n) is 5.81. The van der Waals surface area contributed by atoms with Crippen molar-refractivity contribution < 1.29 is 27.1 Å². The van der Waals surface area contributed by atoms with Gasteiger partial charge in [0.25, 0.3) is 11.5 Å². The number of halogens is 6. The third-order valence-corrected chi connectivity index (χ3v) is 6.48. The van der Waals surface area contributed by atoms with E-state index in [1.165, 1.54) is 12.1 Å². The summed E-state index contributed by atoms with van der Waals surface area (Å²) >= 11 is 11.6.